The fourth-order valence-electron chi connectivity index (χ4n) is 2.70. The Morgan fingerprint density at radius 2 is 1.90 bits per heavy atom. The molecule has 1 aromatic rings. The van der Waals surface area contributed by atoms with Crippen LogP contribution in [0.25, 0.3) is 0 Å². The summed E-state index contributed by atoms with van der Waals surface area (Å²) in [6.45, 7) is 0.770. The van der Waals surface area contributed by atoms with Gasteiger partial charge in [0, 0.05) is 18.1 Å². The van der Waals surface area contributed by atoms with Gasteiger partial charge in [-0.25, -0.2) is 8.78 Å². The number of carboxylic acids is 1. The normalized spacial score (nSPS) is 17.0. The molecule has 1 aliphatic carbocycles. The van der Waals surface area contributed by atoms with E-state index in [9.17, 15) is 18.7 Å². The van der Waals surface area contributed by atoms with E-state index >= 15 is 0 Å². The van der Waals surface area contributed by atoms with E-state index in [1.54, 1.807) is 0 Å². The Kier molecular flexibility index (Phi) is 3.82. The van der Waals surface area contributed by atoms with Crippen LogP contribution in [0.2, 0.25) is 0 Å². The summed E-state index contributed by atoms with van der Waals surface area (Å²) in [6.07, 6.45) is 1.55. The van der Waals surface area contributed by atoms with Crippen LogP contribution >= 0.6 is 0 Å². The monoisotopic (exact) mass is 300 g/mol. The SMILES string of the molecule is COc1cc(C(C)(F)F)cc(C2(C(=O)O)CCC2)c1OC. The Morgan fingerprint density at radius 3 is 2.24 bits per heavy atom. The van der Waals surface area contributed by atoms with Crippen molar-refractivity contribution in [2.75, 3.05) is 14.2 Å². The van der Waals surface area contributed by atoms with E-state index in [1.165, 1.54) is 26.4 Å². The highest BCUT2D eigenvalue weighted by Crippen LogP contribution is 2.51. The van der Waals surface area contributed by atoms with E-state index in [1.807, 2.05) is 0 Å². The van der Waals surface area contributed by atoms with Gasteiger partial charge in [-0.3, -0.25) is 4.79 Å². The maximum atomic E-state index is 13.7. The minimum Gasteiger partial charge on any atom is -0.493 e. The predicted octanol–water partition coefficient (Wildman–Crippen LogP) is 3.32. The van der Waals surface area contributed by atoms with Crippen LogP contribution in [0.15, 0.2) is 12.1 Å². The first-order valence-corrected chi connectivity index (χ1v) is 6.64. The van der Waals surface area contributed by atoms with Gasteiger partial charge in [0.15, 0.2) is 11.5 Å². The molecule has 1 saturated carbocycles. The van der Waals surface area contributed by atoms with Crippen molar-refractivity contribution in [1.29, 1.82) is 0 Å². The van der Waals surface area contributed by atoms with Gasteiger partial charge in [0.2, 0.25) is 0 Å². The fourth-order valence-corrected chi connectivity index (χ4v) is 2.70. The molecule has 6 heteroatoms. The van der Waals surface area contributed by atoms with Crippen molar-refractivity contribution in [3.05, 3.63) is 23.3 Å². The summed E-state index contributed by atoms with van der Waals surface area (Å²) < 4.78 is 37.6. The van der Waals surface area contributed by atoms with Crippen molar-refractivity contribution in [3.8, 4) is 11.5 Å². The Hall–Kier alpha value is -1.85. The molecule has 1 fully saturated rings. The second-order valence-electron chi connectivity index (χ2n) is 5.39. The maximum absolute atomic E-state index is 13.7. The number of aliphatic carboxylic acids is 1. The Bertz CT molecular complexity index is 560. The highest BCUT2D eigenvalue weighted by Gasteiger charge is 2.49. The number of halogens is 2. The van der Waals surface area contributed by atoms with Crippen molar-refractivity contribution < 1.29 is 28.2 Å². The summed E-state index contributed by atoms with van der Waals surface area (Å²) in [7, 11) is 2.72. The smallest absolute Gasteiger partial charge is 0.314 e. The summed E-state index contributed by atoms with van der Waals surface area (Å²) in [5.41, 5.74) is -1.18. The third-order valence-corrected chi connectivity index (χ3v) is 4.12. The first-order chi connectivity index (χ1) is 9.76. The van der Waals surface area contributed by atoms with Crippen molar-refractivity contribution in [2.45, 2.75) is 37.5 Å². The third kappa shape index (κ3) is 2.43. The molecule has 116 valence electrons. The van der Waals surface area contributed by atoms with E-state index in [-0.39, 0.29) is 22.6 Å². The number of carbonyl (C=O) groups is 1. The molecule has 0 unspecified atom stereocenters. The summed E-state index contributed by atoms with van der Waals surface area (Å²) in [5.74, 6) is -3.77. The van der Waals surface area contributed by atoms with E-state index in [0.717, 1.165) is 13.3 Å². The predicted molar refractivity (Wildman–Crippen MR) is 72.3 cm³/mol. The lowest BCUT2D eigenvalue weighted by Crippen LogP contribution is -2.42. The van der Waals surface area contributed by atoms with Crippen molar-refractivity contribution in [3.63, 3.8) is 0 Å². The molecule has 2 rings (SSSR count). The summed E-state index contributed by atoms with van der Waals surface area (Å²) >= 11 is 0. The van der Waals surface area contributed by atoms with Crippen LogP contribution in [0, 0.1) is 0 Å². The number of hydrogen-bond donors (Lipinski definition) is 1. The van der Waals surface area contributed by atoms with Crippen LogP contribution in [-0.2, 0) is 16.1 Å². The first kappa shape index (κ1) is 15.5. The van der Waals surface area contributed by atoms with Gasteiger partial charge < -0.3 is 14.6 Å². The van der Waals surface area contributed by atoms with Gasteiger partial charge in [0.25, 0.3) is 5.92 Å². The minimum absolute atomic E-state index is 0.124. The average Bonchev–Trinajstić information content (AvgIpc) is 2.34. The zero-order chi connectivity index (χ0) is 15.8. The summed E-state index contributed by atoms with van der Waals surface area (Å²) in [6, 6.07) is 2.42. The van der Waals surface area contributed by atoms with Gasteiger partial charge in [0.1, 0.15) is 0 Å². The largest absolute Gasteiger partial charge is 0.493 e. The second-order valence-corrected chi connectivity index (χ2v) is 5.39. The topological polar surface area (TPSA) is 55.8 Å². The molecule has 0 aliphatic heterocycles. The molecule has 0 aromatic heterocycles. The van der Waals surface area contributed by atoms with Crippen LogP contribution in [0.3, 0.4) is 0 Å². The molecule has 1 aliphatic rings. The minimum atomic E-state index is -3.09. The molecule has 0 spiro atoms. The third-order valence-electron chi connectivity index (χ3n) is 4.12. The lowest BCUT2D eigenvalue weighted by atomic mass is 9.64. The van der Waals surface area contributed by atoms with Crippen molar-refractivity contribution >= 4 is 5.97 Å². The molecule has 0 bridgehead atoms. The van der Waals surface area contributed by atoms with Crippen LogP contribution in [-0.4, -0.2) is 25.3 Å². The molecule has 21 heavy (non-hydrogen) atoms. The van der Waals surface area contributed by atoms with E-state index < -0.39 is 17.3 Å². The molecule has 0 amide bonds. The second kappa shape index (κ2) is 5.16. The highest BCUT2D eigenvalue weighted by atomic mass is 19.3. The maximum Gasteiger partial charge on any atom is 0.314 e. The zero-order valence-corrected chi connectivity index (χ0v) is 12.2. The zero-order valence-electron chi connectivity index (χ0n) is 12.2. The van der Waals surface area contributed by atoms with Crippen molar-refractivity contribution in [1.82, 2.24) is 0 Å². The molecule has 0 radical (unpaired) electrons. The van der Waals surface area contributed by atoms with E-state index in [4.69, 9.17) is 9.47 Å². The molecule has 0 saturated heterocycles. The van der Waals surface area contributed by atoms with Crippen LogP contribution in [0.5, 0.6) is 11.5 Å². The number of methoxy groups -OCH3 is 2. The number of carboxylic acid groups (broad SMARTS) is 1. The molecule has 1 aromatic carbocycles. The van der Waals surface area contributed by atoms with Crippen molar-refractivity contribution in [2.24, 2.45) is 0 Å². The van der Waals surface area contributed by atoms with Gasteiger partial charge in [-0.05, 0) is 25.0 Å². The summed E-state index contributed by atoms with van der Waals surface area (Å²) in [4.78, 5) is 11.6. The quantitative estimate of drug-likeness (QED) is 0.906. The molecular weight excluding hydrogens is 282 g/mol. The number of alkyl halides is 2. The van der Waals surface area contributed by atoms with Crippen LogP contribution in [0.1, 0.15) is 37.3 Å². The average molecular weight is 300 g/mol. The molecule has 1 N–H and O–H groups in total. The van der Waals surface area contributed by atoms with Gasteiger partial charge in [-0.15, -0.1) is 0 Å². The van der Waals surface area contributed by atoms with Crippen LogP contribution in [0.4, 0.5) is 8.78 Å². The summed E-state index contributed by atoms with van der Waals surface area (Å²) in [5, 5.41) is 9.53. The first-order valence-electron chi connectivity index (χ1n) is 6.64. The highest BCUT2D eigenvalue weighted by molar-refractivity contribution is 5.84. The lowest BCUT2D eigenvalue weighted by molar-refractivity contribution is -0.147. The number of rotatable bonds is 5. The van der Waals surface area contributed by atoms with Gasteiger partial charge >= 0.3 is 5.97 Å². The standard InChI is InChI=1S/C15H18F2O4/c1-14(16,17)9-7-10(12(21-3)11(8-9)20-2)15(13(18)19)5-4-6-15/h7-8H,4-6H2,1-3H3,(H,18,19). The molecule has 0 heterocycles. The lowest BCUT2D eigenvalue weighted by Gasteiger charge is -2.39. The number of benzene rings is 1. The van der Waals surface area contributed by atoms with Gasteiger partial charge in [-0.1, -0.05) is 6.42 Å². The number of ether oxygens (including phenoxy) is 2. The van der Waals surface area contributed by atoms with E-state index in [2.05, 4.69) is 0 Å². The van der Waals surface area contributed by atoms with Crippen LogP contribution < -0.4 is 9.47 Å². The fraction of sp³-hybridized carbons (Fsp3) is 0.533. The Balaban J connectivity index is 2.70. The molecule has 4 nitrogen and oxygen atoms in total. The Labute approximate surface area is 121 Å². The van der Waals surface area contributed by atoms with E-state index in [0.29, 0.717) is 12.8 Å². The van der Waals surface area contributed by atoms with Gasteiger partial charge in [-0.2, -0.15) is 0 Å². The van der Waals surface area contributed by atoms with Gasteiger partial charge in [0.05, 0.1) is 19.6 Å². The number of hydrogen-bond acceptors (Lipinski definition) is 3. The molecular formula is C15H18F2O4. The Morgan fingerprint density at radius 1 is 1.29 bits per heavy atom. The molecule has 0 atom stereocenters.